The smallest absolute Gasteiger partial charge is 0.405 e. The average Bonchev–Trinajstić information content (AvgIpc) is 2.92. The van der Waals surface area contributed by atoms with Gasteiger partial charge in [0.05, 0.1) is 4.91 Å². The molecule has 0 aromatic heterocycles. The van der Waals surface area contributed by atoms with Crippen molar-refractivity contribution in [2.45, 2.75) is 13.3 Å². The van der Waals surface area contributed by atoms with Crippen molar-refractivity contribution in [2.24, 2.45) is 0 Å². The minimum atomic E-state index is -4.80. The second-order valence-corrected chi connectivity index (χ2v) is 6.41. The highest BCUT2D eigenvalue weighted by Gasteiger charge is 2.32. The Hall–Kier alpha value is -2.74. The first-order valence-electron chi connectivity index (χ1n) is 7.44. The topological polar surface area (TPSA) is 55.4 Å². The predicted molar refractivity (Wildman–Crippen MR) is 92.3 cm³/mol. The van der Waals surface area contributed by atoms with Crippen LogP contribution >= 0.6 is 11.8 Å². The normalized spacial score (nSPS) is 16.5. The van der Waals surface area contributed by atoms with Gasteiger partial charge >= 0.3 is 6.36 Å². The Labute approximate surface area is 151 Å². The number of para-hydroxylation sites is 1. The Morgan fingerprint density at radius 1 is 1.08 bits per heavy atom. The van der Waals surface area contributed by atoms with E-state index in [1.807, 2.05) is 0 Å². The number of hydrogen-bond donors (Lipinski definition) is 1. The van der Waals surface area contributed by atoms with Crippen molar-refractivity contribution in [1.82, 2.24) is 5.32 Å². The summed E-state index contributed by atoms with van der Waals surface area (Å²) in [5, 5.41) is 1.73. The Bertz CT molecular complexity index is 922. The van der Waals surface area contributed by atoms with Crippen molar-refractivity contribution in [3.05, 3.63) is 59.0 Å². The minimum absolute atomic E-state index is 0.268. The van der Waals surface area contributed by atoms with E-state index in [1.165, 1.54) is 18.2 Å². The van der Waals surface area contributed by atoms with Gasteiger partial charge < -0.3 is 4.74 Å². The van der Waals surface area contributed by atoms with E-state index < -0.39 is 17.5 Å². The van der Waals surface area contributed by atoms with Crippen LogP contribution in [0.3, 0.4) is 0 Å². The van der Waals surface area contributed by atoms with E-state index in [9.17, 15) is 22.8 Å². The van der Waals surface area contributed by atoms with Crippen LogP contribution in [0.5, 0.6) is 5.75 Å². The number of halogens is 3. The lowest BCUT2D eigenvalue weighted by atomic mass is 9.99. The molecule has 1 fully saturated rings. The van der Waals surface area contributed by atoms with Gasteiger partial charge in [0.1, 0.15) is 5.75 Å². The molecule has 0 aliphatic carbocycles. The number of allylic oxidation sites excluding steroid dienone is 1. The maximum absolute atomic E-state index is 12.6. The van der Waals surface area contributed by atoms with Crippen LogP contribution in [0.2, 0.25) is 0 Å². The monoisotopic (exact) mass is 379 g/mol. The molecule has 2 aromatic rings. The van der Waals surface area contributed by atoms with Crippen molar-refractivity contribution >= 4 is 28.5 Å². The summed E-state index contributed by atoms with van der Waals surface area (Å²) in [6.45, 7) is 1.68. The first-order chi connectivity index (χ1) is 12.2. The first-order valence-corrected chi connectivity index (χ1v) is 8.26. The van der Waals surface area contributed by atoms with E-state index in [0.29, 0.717) is 16.7 Å². The van der Waals surface area contributed by atoms with Gasteiger partial charge in [0, 0.05) is 5.56 Å². The van der Waals surface area contributed by atoms with Crippen LogP contribution in [0.15, 0.2) is 53.4 Å². The lowest BCUT2D eigenvalue weighted by molar-refractivity contribution is -0.274. The zero-order valence-electron chi connectivity index (χ0n) is 13.4. The predicted octanol–water partition coefficient (Wildman–Crippen LogP) is 4.97. The first kappa shape index (κ1) is 18.1. The Morgan fingerprint density at radius 3 is 2.46 bits per heavy atom. The molecular formula is C18H12F3NO3S. The maximum atomic E-state index is 12.6. The molecule has 1 saturated heterocycles. The molecule has 1 N–H and O–H groups in total. The van der Waals surface area contributed by atoms with E-state index in [-0.39, 0.29) is 16.2 Å². The third-order valence-corrected chi connectivity index (χ3v) is 4.66. The Morgan fingerprint density at radius 2 is 1.81 bits per heavy atom. The second-order valence-electron chi connectivity index (χ2n) is 5.42. The Balaban J connectivity index is 2.03. The highest BCUT2D eigenvalue weighted by Crippen LogP contribution is 2.36. The zero-order chi connectivity index (χ0) is 18.9. The van der Waals surface area contributed by atoms with Crippen LogP contribution < -0.4 is 10.1 Å². The second kappa shape index (κ2) is 6.87. The summed E-state index contributed by atoms with van der Waals surface area (Å²) >= 11 is 0.796. The summed E-state index contributed by atoms with van der Waals surface area (Å²) in [4.78, 5) is 23.4. The molecule has 0 saturated carbocycles. The quantitative estimate of drug-likeness (QED) is 0.766. The standard InChI is InChI=1S/C18H12F3NO3S/c1-10(15-16(23)22-17(24)26-15)11-5-4-6-12(9-11)13-7-2-3-8-14(13)25-18(19,20)21/h2-9H,1H3,(H,22,23,24)/b15-10-. The molecule has 3 rings (SSSR count). The lowest BCUT2D eigenvalue weighted by Gasteiger charge is -2.14. The van der Waals surface area contributed by atoms with Crippen LogP contribution in [-0.2, 0) is 4.79 Å². The number of hydrogen-bond acceptors (Lipinski definition) is 4. The number of alkyl halides is 3. The third-order valence-electron chi connectivity index (χ3n) is 3.68. The summed E-state index contributed by atoms with van der Waals surface area (Å²) in [6.07, 6.45) is -4.80. The molecule has 0 unspecified atom stereocenters. The zero-order valence-corrected chi connectivity index (χ0v) is 14.2. The summed E-state index contributed by atoms with van der Waals surface area (Å²) in [5.41, 5.74) is 1.95. The summed E-state index contributed by atoms with van der Waals surface area (Å²) in [7, 11) is 0. The van der Waals surface area contributed by atoms with E-state index in [2.05, 4.69) is 10.1 Å². The fourth-order valence-corrected chi connectivity index (χ4v) is 3.27. The van der Waals surface area contributed by atoms with Crippen molar-refractivity contribution in [3.8, 4) is 16.9 Å². The number of ether oxygens (including phenoxy) is 1. The van der Waals surface area contributed by atoms with Gasteiger partial charge in [-0.2, -0.15) is 0 Å². The van der Waals surface area contributed by atoms with Gasteiger partial charge in [-0.25, -0.2) is 0 Å². The number of nitrogens with one attached hydrogen (secondary N) is 1. The van der Waals surface area contributed by atoms with Gasteiger partial charge in [-0.3, -0.25) is 14.9 Å². The van der Waals surface area contributed by atoms with Gasteiger partial charge in [0.15, 0.2) is 0 Å². The highest BCUT2D eigenvalue weighted by molar-refractivity contribution is 8.18. The van der Waals surface area contributed by atoms with Crippen molar-refractivity contribution in [2.75, 3.05) is 0 Å². The fourth-order valence-electron chi connectivity index (χ4n) is 2.53. The van der Waals surface area contributed by atoms with Crippen molar-refractivity contribution in [3.63, 3.8) is 0 Å². The highest BCUT2D eigenvalue weighted by atomic mass is 32.2. The van der Waals surface area contributed by atoms with Gasteiger partial charge in [-0.1, -0.05) is 36.4 Å². The van der Waals surface area contributed by atoms with Gasteiger partial charge in [0.25, 0.3) is 11.1 Å². The van der Waals surface area contributed by atoms with Crippen LogP contribution in [0.25, 0.3) is 16.7 Å². The molecule has 4 nitrogen and oxygen atoms in total. The van der Waals surface area contributed by atoms with Crippen LogP contribution in [0, 0.1) is 0 Å². The number of rotatable bonds is 3. The van der Waals surface area contributed by atoms with E-state index in [4.69, 9.17) is 0 Å². The molecule has 1 heterocycles. The molecule has 2 amide bonds. The summed E-state index contributed by atoms with van der Waals surface area (Å²) in [5.74, 6) is -0.797. The van der Waals surface area contributed by atoms with Gasteiger partial charge in [0.2, 0.25) is 0 Å². The van der Waals surface area contributed by atoms with E-state index >= 15 is 0 Å². The van der Waals surface area contributed by atoms with E-state index in [1.54, 1.807) is 37.3 Å². The largest absolute Gasteiger partial charge is 0.573 e. The number of carbonyl (C=O) groups is 2. The van der Waals surface area contributed by atoms with Crippen LogP contribution in [0.4, 0.5) is 18.0 Å². The molecule has 1 aliphatic heterocycles. The van der Waals surface area contributed by atoms with Crippen molar-refractivity contribution < 1.29 is 27.5 Å². The molecule has 8 heteroatoms. The minimum Gasteiger partial charge on any atom is -0.405 e. The SMILES string of the molecule is C/C(=C1/SC(=O)NC1=O)c1cccc(-c2ccccc2OC(F)(F)F)c1. The third kappa shape index (κ3) is 3.91. The number of thioether (sulfide) groups is 1. The average molecular weight is 379 g/mol. The van der Waals surface area contributed by atoms with E-state index in [0.717, 1.165) is 11.8 Å². The molecule has 0 spiro atoms. The summed E-state index contributed by atoms with van der Waals surface area (Å²) < 4.78 is 42.0. The number of carbonyl (C=O) groups excluding carboxylic acids is 2. The molecular weight excluding hydrogens is 367 g/mol. The Kier molecular flexibility index (Phi) is 4.78. The molecule has 0 radical (unpaired) electrons. The molecule has 0 bridgehead atoms. The number of benzene rings is 2. The lowest BCUT2D eigenvalue weighted by Crippen LogP contribution is -2.18. The molecule has 2 aromatic carbocycles. The van der Waals surface area contributed by atoms with Gasteiger partial charge in [-0.05, 0) is 47.5 Å². The number of imide groups is 1. The number of amides is 2. The fraction of sp³-hybridized carbons (Fsp3) is 0.111. The maximum Gasteiger partial charge on any atom is 0.573 e. The molecule has 134 valence electrons. The molecule has 0 atom stereocenters. The molecule has 26 heavy (non-hydrogen) atoms. The van der Waals surface area contributed by atoms with Crippen molar-refractivity contribution in [1.29, 1.82) is 0 Å². The van der Waals surface area contributed by atoms with Gasteiger partial charge in [-0.15, -0.1) is 13.2 Å². The van der Waals surface area contributed by atoms with Crippen LogP contribution in [-0.4, -0.2) is 17.5 Å². The molecule has 1 aliphatic rings. The van der Waals surface area contributed by atoms with Crippen LogP contribution in [0.1, 0.15) is 12.5 Å². The summed E-state index contributed by atoms with van der Waals surface area (Å²) in [6, 6.07) is 12.5.